The summed E-state index contributed by atoms with van der Waals surface area (Å²) >= 11 is 0. The van der Waals surface area contributed by atoms with E-state index in [2.05, 4.69) is 18.9 Å². The van der Waals surface area contributed by atoms with Gasteiger partial charge in [-0.1, -0.05) is 13.8 Å². The first kappa shape index (κ1) is 13.5. The summed E-state index contributed by atoms with van der Waals surface area (Å²) in [7, 11) is 3.93. The Balaban J connectivity index is 2.26. The molecule has 0 aromatic carbocycles. The van der Waals surface area contributed by atoms with Crippen LogP contribution in [0.25, 0.3) is 0 Å². The zero-order chi connectivity index (χ0) is 12.0. The van der Waals surface area contributed by atoms with Crippen LogP contribution in [0.5, 0.6) is 0 Å². The molecule has 1 saturated heterocycles. The Hall–Kier alpha value is -0.610. The SMILES string of the molecule is CC(C)/C(CCCC1OCCO1)=N\N(C)C. The summed E-state index contributed by atoms with van der Waals surface area (Å²) < 4.78 is 10.8. The van der Waals surface area contributed by atoms with E-state index in [1.807, 2.05) is 19.1 Å². The van der Waals surface area contributed by atoms with E-state index in [1.165, 1.54) is 5.71 Å². The summed E-state index contributed by atoms with van der Waals surface area (Å²) in [5.74, 6) is 0.507. The fraction of sp³-hybridized carbons (Fsp3) is 0.917. The molecule has 1 aliphatic heterocycles. The molecule has 0 bridgehead atoms. The molecule has 1 heterocycles. The Morgan fingerprint density at radius 3 is 2.44 bits per heavy atom. The monoisotopic (exact) mass is 228 g/mol. The van der Waals surface area contributed by atoms with Crippen molar-refractivity contribution < 1.29 is 9.47 Å². The number of rotatable bonds is 6. The molecule has 16 heavy (non-hydrogen) atoms. The Morgan fingerprint density at radius 2 is 1.94 bits per heavy atom. The molecule has 1 fully saturated rings. The second kappa shape index (κ2) is 6.86. The molecule has 1 aliphatic rings. The fourth-order valence-corrected chi connectivity index (χ4v) is 1.73. The molecule has 0 N–H and O–H groups in total. The molecule has 0 atom stereocenters. The standard InChI is InChI=1S/C12H24N2O2/c1-10(2)11(13-14(3)4)6-5-7-12-15-8-9-16-12/h10,12H,5-9H2,1-4H3/b13-11-. The van der Waals surface area contributed by atoms with Gasteiger partial charge < -0.3 is 14.5 Å². The van der Waals surface area contributed by atoms with E-state index in [-0.39, 0.29) is 6.29 Å². The molecule has 94 valence electrons. The number of hydrogen-bond donors (Lipinski definition) is 0. The predicted molar refractivity (Wildman–Crippen MR) is 65.5 cm³/mol. The topological polar surface area (TPSA) is 34.1 Å². The lowest BCUT2D eigenvalue weighted by Gasteiger charge is -2.15. The molecule has 0 spiro atoms. The van der Waals surface area contributed by atoms with Crippen LogP contribution in [0.3, 0.4) is 0 Å². The lowest BCUT2D eigenvalue weighted by Crippen LogP contribution is -2.15. The van der Waals surface area contributed by atoms with Crippen LogP contribution in [0.1, 0.15) is 33.1 Å². The summed E-state index contributed by atoms with van der Waals surface area (Å²) in [6.07, 6.45) is 3.10. The van der Waals surface area contributed by atoms with Crippen LogP contribution in [-0.2, 0) is 9.47 Å². The molecule has 0 aliphatic carbocycles. The van der Waals surface area contributed by atoms with Gasteiger partial charge in [-0.15, -0.1) is 0 Å². The lowest BCUT2D eigenvalue weighted by molar-refractivity contribution is -0.0473. The van der Waals surface area contributed by atoms with Gasteiger partial charge in [0.25, 0.3) is 0 Å². The van der Waals surface area contributed by atoms with Crippen LogP contribution >= 0.6 is 0 Å². The van der Waals surface area contributed by atoms with Crippen LogP contribution in [0.4, 0.5) is 0 Å². The van der Waals surface area contributed by atoms with Gasteiger partial charge in [0, 0.05) is 19.8 Å². The van der Waals surface area contributed by atoms with Gasteiger partial charge in [-0.05, 0) is 25.2 Å². The van der Waals surface area contributed by atoms with E-state index >= 15 is 0 Å². The number of nitrogens with zero attached hydrogens (tertiary/aromatic N) is 2. The van der Waals surface area contributed by atoms with E-state index in [4.69, 9.17) is 9.47 Å². The predicted octanol–water partition coefficient (Wildman–Crippen LogP) is 2.10. The Labute approximate surface area is 98.6 Å². The van der Waals surface area contributed by atoms with Gasteiger partial charge in [-0.2, -0.15) is 5.10 Å². The van der Waals surface area contributed by atoms with Crippen LogP contribution < -0.4 is 0 Å². The van der Waals surface area contributed by atoms with E-state index in [1.54, 1.807) is 0 Å². The van der Waals surface area contributed by atoms with Gasteiger partial charge in [0.05, 0.1) is 13.2 Å². The van der Waals surface area contributed by atoms with Crippen molar-refractivity contribution in [2.24, 2.45) is 11.0 Å². The molecule has 0 radical (unpaired) electrons. The van der Waals surface area contributed by atoms with Gasteiger partial charge in [0.15, 0.2) is 6.29 Å². The van der Waals surface area contributed by atoms with Crippen molar-refractivity contribution >= 4 is 5.71 Å². The van der Waals surface area contributed by atoms with Crippen molar-refractivity contribution in [1.29, 1.82) is 0 Å². The Kier molecular flexibility index (Phi) is 5.77. The first-order valence-electron chi connectivity index (χ1n) is 6.07. The van der Waals surface area contributed by atoms with Crippen LogP contribution in [-0.4, -0.2) is 44.3 Å². The lowest BCUT2D eigenvalue weighted by atomic mass is 10.0. The molecule has 4 nitrogen and oxygen atoms in total. The van der Waals surface area contributed by atoms with Crippen molar-refractivity contribution in [1.82, 2.24) is 5.01 Å². The van der Waals surface area contributed by atoms with Crippen molar-refractivity contribution in [2.75, 3.05) is 27.3 Å². The molecule has 1 rings (SSSR count). The zero-order valence-corrected chi connectivity index (χ0v) is 10.9. The Morgan fingerprint density at radius 1 is 1.31 bits per heavy atom. The largest absolute Gasteiger partial charge is 0.350 e. The number of hydrogen-bond acceptors (Lipinski definition) is 4. The molecular formula is C12H24N2O2. The third-order valence-electron chi connectivity index (χ3n) is 2.56. The smallest absolute Gasteiger partial charge is 0.157 e. The van der Waals surface area contributed by atoms with Crippen LogP contribution in [0.2, 0.25) is 0 Å². The summed E-state index contributed by atoms with van der Waals surface area (Å²) in [5, 5.41) is 6.38. The average Bonchev–Trinajstić information content (AvgIpc) is 2.68. The summed E-state index contributed by atoms with van der Waals surface area (Å²) in [6.45, 7) is 5.86. The highest BCUT2D eigenvalue weighted by molar-refractivity contribution is 5.85. The Bertz CT molecular complexity index is 221. The van der Waals surface area contributed by atoms with Crippen molar-refractivity contribution in [3.8, 4) is 0 Å². The molecule has 0 amide bonds. The number of ether oxygens (including phenoxy) is 2. The molecule has 0 saturated carbocycles. The van der Waals surface area contributed by atoms with E-state index in [0.717, 1.165) is 32.5 Å². The average molecular weight is 228 g/mol. The molecule has 4 heteroatoms. The van der Waals surface area contributed by atoms with E-state index in [9.17, 15) is 0 Å². The van der Waals surface area contributed by atoms with Crippen molar-refractivity contribution in [3.05, 3.63) is 0 Å². The maximum Gasteiger partial charge on any atom is 0.157 e. The zero-order valence-electron chi connectivity index (χ0n) is 10.9. The highest BCUT2D eigenvalue weighted by Crippen LogP contribution is 2.14. The number of hydrazone groups is 1. The van der Waals surface area contributed by atoms with Crippen molar-refractivity contribution in [2.45, 2.75) is 39.4 Å². The van der Waals surface area contributed by atoms with Gasteiger partial charge in [-0.25, -0.2) is 0 Å². The molecule has 0 aromatic rings. The summed E-state index contributed by atoms with van der Waals surface area (Å²) in [5.41, 5.74) is 1.25. The second-order valence-electron chi connectivity index (χ2n) is 4.66. The maximum absolute atomic E-state index is 5.40. The minimum atomic E-state index is 0.0211. The maximum atomic E-state index is 5.40. The highest BCUT2D eigenvalue weighted by atomic mass is 16.7. The quantitative estimate of drug-likeness (QED) is 0.516. The van der Waals surface area contributed by atoms with Gasteiger partial charge in [-0.3, -0.25) is 0 Å². The third kappa shape index (κ3) is 4.94. The fourth-order valence-electron chi connectivity index (χ4n) is 1.73. The first-order valence-corrected chi connectivity index (χ1v) is 6.07. The molecular weight excluding hydrogens is 204 g/mol. The summed E-state index contributed by atoms with van der Waals surface area (Å²) in [4.78, 5) is 0. The minimum Gasteiger partial charge on any atom is -0.350 e. The third-order valence-corrected chi connectivity index (χ3v) is 2.56. The van der Waals surface area contributed by atoms with Crippen molar-refractivity contribution in [3.63, 3.8) is 0 Å². The highest BCUT2D eigenvalue weighted by Gasteiger charge is 2.16. The summed E-state index contributed by atoms with van der Waals surface area (Å²) in [6, 6.07) is 0. The molecule has 0 unspecified atom stereocenters. The van der Waals surface area contributed by atoms with Crippen LogP contribution in [0, 0.1) is 5.92 Å². The second-order valence-corrected chi connectivity index (χ2v) is 4.66. The van der Waals surface area contributed by atoms with Gasteiger partial charge in [0.1, 0.15) is 0 Å². The first-order chi connectivity index (χ1) is 7.59. The van der Waals surface area contributed by atoms with E-state index < -0.39 is 0 Å². The normalized spacial score (nSPS) is 18.4. The van der Waals surface area contributed by atoms with Gasteiger partial charge in [0.2, 0.25) is 0 Å². The molecule has 0 aromatic heterocycles. The van der Waals surface area contributed by atoms with Gasteiger partial charge >= 0.3 is 0 Å². The van der Waals surface area contributed by atoms with Crippen LogP contribution in [0.15, 0.2) is 5.10 Å². The minimum absolute atomic E-state index is 0.0211. The van der Waals surface area contributed by atoms with E-state index in [0.29, 0.717) is 5.92 Å².